The van der Waals surface area contributed by atoms with Crippen molar-refractivity contribution < 1.29 is 4.84 Å². The highest BCUT2D eigenvalue weighted by molar-refractivity contribution is 5.09. The first-order chi connectivity index (χ1) is 5.53. The molecule has 12 heavy (non-hydrogen) atoms. The molecule has 1 rings (SSSR count). The van der Waals surface area contributed by atoms with E-state index in [0.29, 0.717) is 5.41 Å². The third-order valence-electron chi connectivity index (χ3n) is 2.24. The summed E-state index contributed by atoms with van der Waals surface area (Å²) in [5.41, 5.74) is 4.47. The van der Waals surface area contributed by atoms with Gasteiger partial charge in [0.15, 0.2) is 0 Å². The zero-order valence-corrected chi connectivity index (χ0v) is 8.48. The zero-order valence-electron chi connectivity index (χ0n) is 8.48. The third kappa shape index (κ3) is 2.52. The predicted octanol–water partition coefficient (Wildman–Crippen LogP) is 2.48. The van der Waals surface area contributed by atoms with Gasteiger partial charge in [0.25, 0.3) is 0 Å². The van der Waals surface area contributed by atoms with E-state index in [9.17, 15) is 0 Å². The molecule has 2 heteroatoms. The van der Waals surface area contributed by atoms with Crippen molar-refractivity contribution >= 4 is 0 Å². The third-order valence-corrected chi connectivity index (χ3v) is 2.24. The average Bonchev–Trinajstić information content (AvgIpc) is 1.82. The van der Waals surface area contributed by atoms with E-state index in [-0.39, 0.29) is 0 Å². The Hall–Kier alpha value is -0.500. The lowest BCUT2D eigenvalue weighted by atomic mass is 9.76. The smallest absolute Gasteiger partial charge is 0.0636 e. The minimum Gasteiger partial charge on any atom is -0.280 e. The average molecular weight is 169 g/mol. The largest absolute Gasteiger partial charge is 0.280 e. The van der Waals surface area contributed by atoms with Crippen molar-refractivity contribution in [2.75, 3.05) is 7.11 Å². The van der Waals surface area contributed by atoms with Crippen LogP contribution in [0.2, 0.25) is 0 Å². The summed E-state index contributed by atoms with van der Waals surface area (Å²) in [5, 5.41) is 0. The van der Waals surface area contributed by atoms with Gasteiger partial charge < -0.3 is 0 Å². The van der Waals surface area contributed by atoms with Gasteiger partial charge in [0, 0.05) is 5.70 Å². The Morgan fingerprint density at radius 2 is 2.25 bits per heavy atom. The summed E-state index contributed by atoms with van der Waals surface area (Å²) in [5.74, 6) is 0.752. The first-order valence-electron chi connectivity index (χ1n) is 4.54. The maximum Gasteiger partial charge on any atom is 0.0636 e. The van der Waals surface area contributed by atoms with Crippen LogP contribution in [0.1, 0.15) is 33.6 Å². The van der Waals surface area contributed by atoms with Gasteiger partial charge in [-0.2, -0.15) is 0 Å². The molecule has 1 aliphatic rings. The molecule has 0 aromatic carbocycles. The van der Waals surface area contributed by atoms with E-state index >= 15 is 0 Å². The summed E-state index contributed by atoms with van der Waals surface area (Å²) >= 11 is 0. The molecule has 0 fully saturated rings. The molecule has 1 unspecified atom stereocenters. The molecule has 0 bridgehead atoms. The molecule has 1 aliphatic carbocycles. The Balaban J connectivity index is 2.66. The van der Waals surface area contributed by atoms with Crippen molar-refractivity contribution in [1.29, 1.82) is 0 Å². The lowest BCUT2D eigenvalue weighted by molar-refractivity contribution is 0.106. The summed E-state index contributed by atoms with van der Waals surface area (Å²) in [6.07, 6.45) is 4.65. The van der Waals surface area contributed by atoms with Crippen LogP contribution in [-0.4, -0.2) is 7.11 Å². The molecule has 0 aliphatic heterocycles. The van der Waals surface area contributed by atoms with Crippen LogP contribution in [0.15, 0.2) is 11.8 Å². The van der Waals surface area contributed by atoms with Gasteiger partial charge in [-0.25, -0.2) is 0 Å². The summed E-state index contributed by atoms with van der Waals surface area (Å²) < 4.78 is 0. The van der Waals surface area contributed by atoms with Gasteiger partial charge in [-0.15, -0.1) is 0 Å². The molecule has 2 nitrogen and oxygen atoms in total. The molecule has 0 spiro atoms. The number of rotatable bonds is 2. The minimum atomic E-state index is 0.318. The van der Waals surface area contributed by atoms with E-state index in [1.165, 1.54) is 12.1 Å². The second-order valence-electron chi connectivity index (χ2n) is 4.48. The van der Waals surface area contributed by atoms with E-state index in [2.05, 4.69) is 32.3 Å². The molecular weight excluding hydrogens is 150 g/mol. The Morgan fingerprint density at radius 3 is 2.75 bits per heavy atom. The molecule has 0 aromatic heterocycles. The molecule has 0 saturated carbocycles. The van der Waals surface area contributed by atoms with Gasteiger partial charge in [0.1, 0.15) is 0 Å². The number of nitrogens with one attached hydrogen (secondary N) is 1. The normalized spacial score (nSPS) is 28.0. The first kappa shape index (κ1) is 9.59. The van der Waals surface area contributed by atoms with Crippen LogP contribution in [-0.2, 0) is 4.84 Å². The highest BCUT2D eigenvalue weighted by Crippen LogP contribution is 2.35. The zero-order chi connectivity index (χ0) is 9.19. The number of hydrogen-bond donors (Lipinski definition) is 1. The molecule has 1 N–H and O–H groups in total. The van der Waals surface area contributed by atoms with Gasteiger partial charge in [-0.3, -0.25) is 10.3 Å². The van der Waals surface area contributed by atoms with E-state index in [0.717, 1.165) is 12.3 Å². The van der Waals surface area contributed by atoms with Crippen LogP contribution >= 0.6 is 0 Å². The second kappa shape index (κ2) is 3.48. The van der Waals surface area contributed by atoms with Crippen molar-refractivity contribution in [3.63, 3.8) is 0 Å². The highest BCUT2D eigenvalue weighted by Gasteiger charge is 2.25. The van der Waals surface area contributed by atoms with E-state index in [1.54, 1.807) is 7.11 Å². The van der Waals surface area contributed by atoms with Crippen LogP contribution < -0.4 is 5.48 Å². The summed E-state index contributed by atoms with van der Waals surface area (Å²) in [4.78, 5) is 4.90. The van der Waals surface area contributed by atoms with Gasteiger partial charge in [-0.05, 0) is 24.2 Å². The Morgan fingerprint density at radius 1 is 1.58 bits per heavy atom. The fourth-order valence-corrected chi connectivity index (χ4v) is 2.14. The van der Waals surface area contributed by atoms with Crippen LogP contribution in [0.25, 0.3) is 0 Å². The van der Waals surface area contributed by atoms with Crippen LogP contribution in [0.5, 0.6) is 0 Å². The fraction of sp³-hybridized carbons (Fsp3) is 0.800. The molecule has 0 aromatic rings. The van der Waals surface area contributed by atoms with Gasteiger partial charge in [0.05, 0.1) is 7.11 Å². The van der Waals surface area contributed by atoms with Gasteiger partial charge in [0.2, 0.25) is 0 Å². The van der Waals surface area contributed by atoms with Crippen LogP contribution in [0.3, 0.4) is 0 Å². The molecular formula is C10H19NO. The molecule has 0 radical (unpaired) electrons. The molecule has 70 valence electrons. The first-order valence-corrected chi connectivity index (χ1v) is 4.54. The fourth-order valence-electron chi connectivity index (χ4n) is 2.14. The maximum atomic E-state index is 4.90. The SMILES string of the molecule is CONC1=CC(C)(C)CC(C)C1. The lowest BCUT2D eigenvalue weighted by Gasteiger charge is -2.31. The van der Waals surface area contributed by atoms with E-state index in [4.69, 9.17) is 4.84 Å². The van der Waals surface area contributed by atoms with Crippen LogP contribution in [0.4, 0.5) is 0 Å². The number of hydroxylamine groups is 1. The maximum absolute atomic E-state index is 4.90. The van der Waals surface area contributed by atoms with Crippen molar-refractivity contribution in [3.05, 3.63) is 11.8 Å². The Kier molecular flexibility index (Phi) is 2.78. The molecule has 0 heterocycles. The highest BCUT2D eigenvalue weighted by atomic mass is 16.6. The minimum absolute atomic E-state index is 0.318. The number of hydrogen-bond acceptors (Lipinski definition) is 2. The van der Waals surface area contributed by atoms with Crippen molar-refractivity contribution in [2.45, 2.75) is 33.6 Å². The van der Waals surface area contributed by atoms with E-state index < -0.39 is 0 Å². The molecule has 0 amide bonds. The molecule has 1 atom stereocenters. The molecule has 0 saturated heterocycles. The lowest BCUT2D eigenvalue weighted by Crippen LogP contribution is -2.25. The number of allylic oxidation sites excluding steroid dienone is 2. The van der Waals surface area contributed by atoms with Crippen molar-refractivity contribution in [3.8, 4) is 0 Å². The Labute approximate surface area is 74.9 Å². The van der Waals surface area contributed by atoms with Gasteiger partial charge in [-0.1, -0.05) is 26.8 Å². The van der Waals surface area contributed by atoms with Crippen molar-refractivity contribution in [2.24, 2.45) is 11.3 Å². The topological polar surface area (TPSA) is 21.3 Å². The quantitative estimate of drug-likeness (QED) is 0.641. The second-order valence-corrected chi connectivity index (χ2v) is 4.48. The summed E-state index contributed by atoms with van der Waals surface area (Å²) in [7, 11) is 1.66. The van der Waals surface area contributed by atoms with Gasteiger partial charge >= 0.3 is 0 Å². The van der Waals surface area contributed by atoms with Crippen LogP contribution in [0, 0.1) is 11.3 Å². The Bertz CT molecular complexity index is 184. The summed E-state index contributed by atoms with van der Waals surface area (Å²) in [6, 6.07) is 0. The van der Waals surface area contributed by atoms with Crippen molar-refractivity contribution in [1.82, 2.24) is 5.48 Å². The predicted molar refractivity (Wildman–Crippen MR) is 50.4 cm³/mol. The summed E-state index contributed by atoms with van der Waals surface area (Å²) in [6.45, 7) is 6.81. The van der Waals surface area contributed by atoms with E-state index in [1.807, 2.05) is 0 Å². The standard InChI is InChI=1S/C10H19NO/c1-8-5-9(11-12-4)7-10(2,3)6-8/h7-8,11H,5-6H2,1-4H3. The monoisotopic (exact) mass is 169 g/mol.